The summed E-state index contributed by atoms with van der Waals surface area (Å²) in [6.07, 6.45) is 4.86. The molecule has 5 heteroatoms. The third-order valence-electron chi connectivity index (χ3n) is 4.94. The zero-order chi connectivity index (χ0) is 20.1. The van der Waals surface area contributed by atoms with E-state index in [9.17, 15) is 4.79 Å². The molecule has 0 saturated carbocycles. The van der Waals surface area contributed by atoms with Crippen molar-refractivity contribution < 1.29 is 4.79 Å². The number of amides is 1. The minimum Gasteiger partial charge on any atom is -0.352 e. The number of benzene rings is 2. The van der Waals surface area contributed by atoms with Crippen molar-refractivity contribution in [1.82, 2.24) is 19.9 Å². The van der Waals surface area contributed by atoms with Crippen LogP contribution in [0.5, 0.6) is 0 Å². The number of nitrogens with zero attached hydrogens (tertiary/aromatic N) is 3. The van der Waals surface area contributed by atoms with E-state index in [2.05, 4.69) is 64.3 Å². The quantitative estimate of drug-likeness (QED) is 0.487. The number of nitrogens with one attached hydrogen (secondary N) is 1. The molecule has 2 aromatic heterocycles. The van der Waals surface area contributed by atoms with E-state index in [-0.39, 0.29) is 5.91 Å². The Bertz CT molecular complexity index is 1120. The van der Waals surface area contributed by atoms with E-state index in [0.29, 0.717) is 12.1 Å². The molecule has 0 radical (unpaired) electrons. The van der Waals surface area contributed by atoms with Crippen LogP contribution in [0.2, 0.25) is 0 Å². The highest BCUT2D eigenvalue weighted by molar-refractivity contribution is 5.93. The largest absolute Gasteiger partial charge is 0.352 e. The summed E-state index contributed by atoms with van der Waals surface area (Å²) >= 11 is 0. The van der Waals surface area contributed by atoms with Gasteiger partial charge in [0.05, 0.1) is 16.6 Å². The molecule has 0 saturated heterocycles. The molecule has 1 amide bonds. The van der Waals surface area contributed by atoms with E-state index in [1.807, 2.05) is 6.07 Å². The van der Waals surface area contributed by atoms with Gasteiger partial charge in [-0.25, -0.2) is 4.98 Å². The standard InChI is InChI=1S/C24H24N4O/c1-18-7-4-8-19(15-18)17-28-22-11-3-2-10-21(22)27-23(28)12-6-14-26-24(29)20-9-5-13-25-16-20/h2-5,7-11,13,15-16H,6,12,14,17H2,1H3,(H,26,29). The average molecular weight is 384 g/mol. The lowest BCUT2D eigenvalue weighted by Crippen LogP contribution is -2.25. The van der Waals surface area contributed by atoms with Crippen LogP contribution in [-0.2, 0) is 13.0 Å². The highest BCUT2D eigenvalue weighted by atomic mass is 16.1. The van der Waals surface area contributed by atoms with Gasteiger partial charge in [-0.05, 0) is 43.2 Å². The number of carbonyl (C=O) groups is 1. The van der Waals surface area contributed by atoms with E-state index in [1.54, 1.807) is 24.5 Å². The number of aromatic nitrogens is 3. The molecule has 0 bridgehead atoms. The van der Waals surface area contributed by atoms with Crippen molar-refractivity contribution in [2.75, 3.05) is 6.54 Å². The summed E-state index contributed by atoms with van der Waals surface area (Å²) < 4.78 is 2.28. The van der Waals surface area contributed by atoms with Crippen molar-refractivity contribution in [2.45, 2.75) is 26.3 Å². The van der Waals surface area contributed by atoms with E-state index in [0.717, 1.165) is 36.2 Å². The normalized spacial score (nSPS) is 10.9. The van der Waals surface area contributed by atoms with Gasteiger partial charge in [0.25, 0.3) is 5.91 Å². The van der Waals surface area contributed by atoms with Gasteiger partial charge in [-0.2, -0.15) is 0 Å². The van der Waals surface area contributed by atoms with E-state index in [4.69, 9.17) is 4.98 Å². The van der Waals surface area contributed by atoms with Gasteiger partial charge in [-0.3, -0.25) is 9.78 Å². The molecule has 0 unspecified atom stereocenters. The number of aryl methyl sites for hydroxylation is 2. The minimum absolute atomic E-state index is 0.0913. The first kappa shape index (κ1) is 18.9. The summed E-state index contributed by atoms with van der Waals surface area (Å²) in [4.78, 5) is 21.0. The summed E-state index contributed by atoms with van der Waals surface area (Å²) in [5, 5.41) is 2.96. The van der Waals surface area contributed by atoms with Crippen molar-refractivity contribution >= 4 is 16.9 Å². The highest BCUT2D eigenvalue weighted by Gasteiger charge is 2.11. The van der Waals surface area contributed by atoms with E-state index < -0.39 is 0 Å². The molecule has 0 spiro atoms. The van der Waals surface area contributed by atoms with Crippen LogP contribution >= 0.6 is 0 Å². The van der Waals surface area contributed by atoms with Gasteiger partial charge in [-0.15, -0.1) is 0 Å². The Morgan fingerprint density at radius 3 is 2.79 bits per heavy atom. The Morgan fingerprint density at radius 2 is 1.97 bits per heavy atom. The topological polar surface area (TPSA) is 59.8 Å². The zero-order valence-corrected chi connectivity index (χ0v) is 16.5. The second-order valence-corrected chi connectivity index (χ2v) is 7.19. The van der Waals surface area contributed by atoms with Gasteiger partial charge >= 0.3 is 0 Å². The molecule has 0 aliphatic rings. The fraction of sp³-hybridized carbons (Fsp3) is 0.208. The number of rotatable bonds is 7. The number of hydrogen-bond acceptors (Lipinski definition) is 3. The first-order chi connectivity index (χ1) is 14.2. The number of pyridine rings is 1. The molecule has 0 aliphatic carbocycles. The predicted octanol–water partition coefficient (Wildman–Crippen LogP) is 4.15. The lowest BCUT2D eigenvalue weighted by atomic mass is 10.1. The van der Waals surface area contributed by atoms with E-state index >= 15 is 0 Å². The number of carbonyl (C=O) groups excluding carboxylic acids is 1. The van der Waals surface area contributed by atoms with Crippen molar-refractivity contribution in [3.8, 4) is 0 Å². The molecule has 0 aliphatic heterocycles. The molecule has 1 N–H and O–H groups in total. The Balaban J connectivity index is 1.46. The lowest BCUT2D eigenvalue weighted by molar-refractivity contribution is 0.0953. The molecular formula is C24H24N4O. The van der Waals surface area contributed by atoms with Crippen molar-refractivity contribution in [1.29, 1.82) is 0 Å². The molecule has 4 aromatic rings. The number of imidazole rings is 1. The minimum atomic E-state index is -0.0913. The summed E-state index contributed by atoms with van der Waals surface area (Å²) in [7, 11) is 0. The van der Waals surface area contributed by atoms with Crippen LogP contribution < -0.4 is 5.32 Å². The lowest BCUT2D eigenvalue weighted by Gasteiger charge is -2.11. The van der Waals surface area contributed by atoms with Gasteiger partial charge in [0, 0.05) is 31.9 Å². The summed E-state index contributed by atoms with van der Waals surface area (Å²) in [6.45, 7) is 3.50. The molecular weight excluding hydrogens is 360 g/mol. The van der Waals surface area contributed by atoms with Crippen LogP contribution in [0.3, 0.4) is 0 Å². The van der Waals surface area contributed by atoms with Crippen LogP contribution in [0.15, 0.2) is 73.1 Å². The second-order valence-electron chi connectivity index (χ2n) is 7.19. The van der Waals surface area contributed by atoms with E-state index in [1.165, 1.54) is 11.1 Å². The number of para-hydroxylation sites is 2. The summed E-state index contributed by atoms with van der Waals surface area (Å²) in [6, 6.07) is 20.3. The first-order valence-corrected chi connectivity index (χ1v) is 9.88. The molecule has 2 heterocycles. The van der Waals surface area contributed by atoms with Gasteiger partial charge in [0.2, 0.25) is 0 Å². The predicted molar refractivity (Wildman–Crippen MR) is 115 cm³/mol. The fourth-order valence-corrected chi connectivity index (χ4v) is 3.53. The van der Waals surface area contributed by atoms with Crippen molar-refractivity contribution in [2.24, 2.45) is 0 Å². The van der Waals surface area contributed by atoms with Gasteiger partial charge in [0.15, 0.2) is 0 Å². The van der Waals surface area contributed by atoms with Gasteiger partial charge < -0.3 is 9.88 Å². The maximum atomic E-state index is 12.2. The molecule has 4 rings (SSSR count). The van der Waals surface area contributed by atoms with Crippen LogP contribution in [0.4, 0.5) is 0 Å². The fourth-order valence-electron chi connectivity index (χ4n) is 3.53. The third kappa shape index (κ3) is 4.51. The number of hydrogen-bond donors (Lipinski definition) is 1. The molecule has 0 fully saturated rings. The Hall–Kier alpha value is -3.47. The molecule has 5 nitrogen and oxygen atoms in total. The number of fused-ring (bicyclic) bond motifs is 1. The molecule has 0 atom stereocenters. The van der Waals surface area contributed by atoms with Gasteiger partial charge in [0.1, 0.15) is 5.82 Å². The maximum absolute atomic E-state index is 12.2. The second kappa shape index (κ2) is 8.69. The Labute approximate surface area is 170 Å². The Kier molecular flexibility index (Phi) is 5.66. The Morgan fingerprint density at radius 1 is 1.07 bits per heavy atom. The van der Waals surface area contributed by atoms with Crippen LogP contribution in [0.1, 0.15) is 33.7 Å². The summed E-state index contributed by atoms with van der Waals surface area (Å²) in [5.74, 6) is 0.953. The highest BCUT2D eigenvalue weighted by Crippen LogP contribution is 2.19. The first-order valence-electron chi connectivity index (χ1n) is 9.88. The third-order valence-corrected chi connectivity index (χ3v) is 4.94. The SMILES string of the molecule is Cc1cccc(Cn2c(CCCNC(=O)c3cccnc3)nc3ccccc32)c1. The van der Waals surface area contributed by atoms with Crippen LogP contribution in [0, 0.1) is 6.92 Å². The molecule has 2 aromatic carbocycles. The maximum Gasteiger partial charge on any atom is 0.252 e. The van der Waals surface area contributed by atoms with Gasteiger partial charge in [-0.1, -0.05) is 42.0 Å². The molecule has 146 valence electrons. The zero-order valence-electron chi connectivity index (χ0n) is 16.5. The average Bonchev–Trinajstić information content (AvgIpc) is 3.09. The van der Waals surface area contributed by atoms with Crippen molar-refractivity contribution in [3.05, 3.63) is 95.6 Å². The smallest absolute Gasteiger partial charge is 0.252 e. The summed E-state index contributed by atoms with van der Waals surface area (Å²) in [5.41, 5.74) is 5.25. The van der Waals surface area contributed by atoms with Crippen LogP contribution in [0.25, 0.3) is 11.0 Å². The molecule has 29 heavy (non-hydrogen) atoms. The van der Waals surface area contributed by atoms with Crippen molar-refractivity contribution in [3.63, 3.8) is 0 Å². The van der Waals surface area contributed by atoms with Crippen LogP contribution in [-0.4, -0.2) is 27.0 Å². The monoisotopic (exact) mass is 384 g/mol.